The summed E-state index contributed by atoms with van der Waals surface area (Å²) in [5.74, 6) is 0. The molecule has 2 heterocycles. The first kappa shape index (κ1) is 12.0. The lowest BCUT2D eigenvalue weighted by molar-refractivity contribution is 0.681. The van der Waals surface area contributed by atoms with E-state index in [1.165, 1.54) is 16.2 Å². The molecule has 2 rings (SSSR count). The molecule has 0 aromatic carbocycles. The third-order valence-corrected chi connectivity index (χ3v) is 4.19. The number of aromatic nitrogens is 2. The van der Waals surface area contributed by atoms with Gasteiger partial charge in [0.25, 0.3) is 0 Å². The van der Waals surface area contributed by atoms with Crippen molar-refractivity contribution >= 4 is 34.3 Å². The molecule has 3 nitrogen and oxygen atoms in total. The average molecular weight is 274 g/mol. The van der Waals surface area contributed by atoms with Gasteiger partial charge in [0.2, 0.25) is 0 Å². The van der Waals surface area contributed by atoms with Gasteiger partial charge < -0.3 is 5.32 Å². The SMILES string of the molecule is CCCNCc1cnc(-c2ncc(Cl)s2)s1. The van der Waals surface area contributed by atoms with Crippen molar-refractivity contribution in [3.63, 3.8) is 0 Å². The summed E-state index contributed by atoms with van der Waals surface area (Å²) in [6, 6.07) is 0. The minimum atomic E-state index is 0.704. The smallest absolute Gasteiger partial charge is 0.153 e. The molecular weight excluding hydrogens is 262 g/mol. The summed E-state index contributed by atoms with van der Waals surface area (Å²) in [6.07, 6.45) is 4.71. The average Bonchev–Trinajstić information content (AvgIpc) is 2.87. The fraction of sp³-hybridized carbons (Fsp3) is 0.400. The van der Waals surface area contributed by atoms with Crippen molar-refractivity contribution in [1.82, 2.24) is 15.3 Å². The van der Waals surface area contributed by atoms with Gasteiger partial charge in [-0.25, -0.2) is 9.97 Å². The van der Waals surface area contributed by atoms with Crippen LogP contribution in [-0.4, -0.2) is 16.5 Å². The van der Waals surface area contributed by atoms with Gasteiger partial charge in [-0.3, -0.25) is 0 Å². The van der Waals surface area contributed by atoms with Crippen molar-refractivity contribution in [3.05, 3.63) is 21.6 Å². The molecule has 0 atom stereocenters. The molecule has 2 aromatic heterocycles. The van der Waals surface area contributed by atoms with E-state index in [2.05, 4.69) is 22.2 Å². The zero-order valence-corrected chi connectivity index (χ0v) is 11.3. The van der Waals surface area contributed by atoms with Crippen LogP contribution in [0, 0.1) is 0 Å². The fourth-order valence-corrected chi connectivity index (χ4v) is 3.06. The van der Waals surface area contributed by atoms with Crippen molar-refractivity contribution in [2.24, 2.45) is 0 Å². The van der Waals surface area contributed by atoms with Crippen molar-refractivity contribution < 1.29 is 0 Å². The van der Waals surface area contributed by atoms with Gasteiger partial charge in [0.05, 0.1) is 6.20 Å². The second kappa shape index (κ2) is 5.72. The number of hydrogen-bond donors (Lipinski definition) is 1. The second-order valence-electron chi connectivity index (χ2n) is 3.28. The molecule has 0 radical (unpaired) electrons. The summed E-state index contributed by atoms with van der Waals surface area (Å²) in [4.78, 5) is 9.79. The van der Waals surface area contributed by atoms with Gasteiger partial charge >= 0.3 is 0 Å². The van der Waals surface area contributed by atoms with Crippen LogP contribution >= 0.6 is 34.3 Å². The van der Waals surface area contributed by atoms with Crippen LogP contribution < -0.4 is 5.32 Å². The molecule has 0 spiro atoms. The van der Waals surface area contributed by atoms with Gasteiger partial charge in [0, 0.05) is 17.6 Å². The van der Waals surface area contributed by atoms with E-state index < -0.39 is 0 Å². The monoisotopic (exact) mass is 273 g/mol. The Kier molecular flexibility index (Phi) is 4.29. The second-order valence-corrected chi connectivity index (χ2v) is 6.06. The van der Waals surface area contributed by atoms with Crippen LogP contribution in [0.5, 0.6) is 0 Å². The first-order chi connectivity index (χ1) is 7.79. The van der Waals surface area contributed by atoms with Gasteiger partial charge in [-0.2, -0.15) is 0 Å². The van der Waals surface area contributed by atoms with E-state index in [4.69, 9.17) is 11.6 Å². The molecule has 0 aliphatic rings. The third kappa shape index (κ3) is 3.01. The molecule has 0 unspecified atom stereocenters. The van der Waals surface area contributed by atoms with Crippen molar-refractivity contribution in [3.8, 4) is 10.0 Å². The summed E-state index contributed by atoms with van der Waals surface area (Å²) < 4.78 is 0.704. The summed E-state index contributed by atoms with van der Waals surface area (Å²) in [5.41, 5.74) is 0. The lowest BCUT2D eigenvalue weighted by Crippen LogP contribution is -2.12. The molecule has 0 amide bonds. The highest BCUT2D eigenvalue weighted by molar-refractivity contribution is 7.23. The van der Waals surface area contributed by atoms with E-state index in [0.717, 1.165) is 29.5 Å². The summed E-state index contributed by atoms with van der Waals surface area (Å²) in [7, 11) is 0. The summed E-state index contributed by atoms with van der Waals surface area (Å²) in [5, 5.41) is 5.20. The number of nitrogens with one attached hydrogen (secondary N) is 1. The first-order valence-corrected chi connectivity index (χ1v) is 7.08. The minimum absolute atomic E-state index is 0.704. The number of hydrogen-bond acceptors (Lipinski definition) is 5. The Hall–Kier alpha value is -0.490. The molecule has 2 aromatic rings. The maximum atomic E-state index is 5.84. The van der Waals surface area contributed by atoms with Gasteiger partial charge in [-0.1, -0.05) is 29.9 Å². The maximum absolute atomic E-state index is 5.84. The summed E-state index contributed by atoms with van der Waals surface area (Å²) in [6.45, 7) is 4.07. The lowest BCUT2D eigenvalue weighted by atomic mass is 10.4. The standard InChI is InChI=1S/C10H12ClN3S2/c1-2-3-12-4-7-5-13-9(15-7)10-14-6-8(11)16-10/h5-6,12H,2-4H2,1H3. The topological polar surface area (TPSA) is 37.8 Å². The summed E-state index contributed by atoms with van der Waals surface area (Å²) >= 11 is 8.97. The Labute approximate surface area is 108 Å². The van der Waals surface area contributed by atoms with Crippen LogP contribution in [0.3, 0.4) is 0 Å². The Morgan fingerprint density at radius 3 is 2.69 bits per heavy atom. The third-order valence-electron chi connectivity index (χ3n) is 1.94. The van der Waals surface area contributed by atoms with Gasteiger partial charge in [0.15, 0.2) is 10.0 Å². The van der Waals surface area contributed by atoms with Crippen LogP contribution in [0.1, 0.15) is 18.2 Å². The minimum Gasteiger partial charge on any atom is -0.312 e. The van der Waals surface area contributed by atoms with Gasteiger partial charge in [-0.15, -0.1) is 11.3 Å². The van der Waals surface area contributed by atoms with Crippen molar-refractivity contribution in [1.29, 1.82) is 0 Å². The molecule has 0 fully saturated rings. The van der Waals surface area contributed by atoms with E-state index in [-0.39, 0.29) is 0 Å². The molecule has 0 bridgehead atoms. The molecule has 0 saturated carbocycles. The first-order valence-electron chi connectivity index (χ1n) is 5.06. The lowest BCUT2D eigenvalue weighted by Gasteiger charge is -1.97. The number of halogens is 1. The van der Waals surface area contributed by atoms with E-state index in [9.17, 15) is 0 Å². The predicted molar refractivity (Wildman–Crippen MR) is 70.2 cm³/mol. The van der Waals surface area contributed by atoms with Crippen LogP contribution in [0.4, 0.5) is 0 Å². The molecule has 6 heteroatoms. The van der Waals surface area contributed by atoms with E-state index in [1.807, 2.05) is 6.20 Å². The molecule has 16 heavy (non-hydrogen) atoms. The highest BCUT2D eigenvalue weighted by Gasteiger charge is 2.08. The predicted octanol–water partition coefficient (Wildman–Crippen LogP) is 3.42. The molecular formula is C10H12ClN3S2. The Balaban J connectivity index is 2.02. The molecule has 0 aliphatic carbocycles. The van der Waals surface area contributed by atoms with Gasteiger partial charge in [-0.05, 0) is 13.0 Å². The molecule has 0 aliphatic heterocycles. The molecule has 86 valence electrons. The maximum Gasteiger partial charge on any atom is 0.153 e. The van der Waals surface area contributed by atoms with Crippen molar-refractivity contribution in [2.45, 2.75) is 19.9 Å². The Morgan fingerprint density at radius 1 is 1.25 bits per heavy atom. The Bertz CT molecular complexity index is 452. The number of nitrogens with zero attached hydrogens (tertiary/aromatic N) is 2. The van der Waals surface area contributed by atoms with E-state index in [1.54, 1.807) is 17.5 Å². The number of rotatable bonds is 5. The van der Waals surface area contributed by atoms with E-state index in [0.29, 0.717) is 4.34 Å². The highest BCUT2D eigenvalue weighted by Crippen LogP contribution is 2.30. The fourth-order valence-electron chi connectivity index (χ4n) is 1.23. The van der Waals surface area contributed by atoms with Crippen LogP contribution in [-0.2, 0) is 6.54 Å². The quantitative estimate of drug-likeness (QED) is 0.849. The van der Waals surface area contributed by atoms with Crippen LogP contribution in [0.15, 0.2) is 12.4 Å². The normalized spacial score (nSPS) is 10.9. The zero-order chi connectivity index (χ0) is 11.4. The number of thiazole rings is 2. The van der Waals surface area contributed by atoms with Gasteiger partial charge in [0.1, 0.15) is 4.34 Å². The highest BCUT2D eigenvalue weighted by atomic mass is 35.5. The zero-order valence-electron chi connectivity index (χ0n) is 8.86. The van der Waals surface area contributed by atoms with Crippen LogP contribution in [0.25, 0.3) is 10.0 Å². The van der Waals surface area contributed by atoms with E-state index >= 15 is 0 Å². The van der Waals surface area contributed by atoms with Crippen molar-refractivity contribution in [2.75, 3.05) is 6.54 Å². The molecule has 0 saturated heterocycles. The van der Waals surface area contributed by atoms with Crippen LogP contribution in [0.2, 0.25) is 4.34 Å². The largest absolute Gasteiger partial charge is 0.312 e. The molecule has 1 N–H and O–H groups in total. The Morgan fingerprint density at radius 2 is 2.00 bits per heavy atom.